The number of benzene rings is 2. The van der Waals surface area contributed by atoms with Crippen molar-refractivity contribution in [2.45, 2.75) is 64.3 Å². The number of halogens is 1. The number of fused-ring (bicyclic) bond motifs is 2. The SMILES string of the molecule is CCOc1ccc(N2CC=C[C@]3(C)O[C@]45C=CCN(c6c(C)cccc6Cl)C(=O)C4N([C@@H](CO)[C@@H](C)CC)C(=O)[C@@H]5[C@@H]3C2=O)cc1. The molecule has 0 bridgehead atoms. The van der Waals surface area contributed by atoms with Crippen LogP contribution in [0.1, 0.15) is 39.7 Å². The first-order valence-corrected chi connectivity index (χ1v) is 16.5. The second-order valence-electron chi connectivity index (χ2n) is 12.9. The van der Waals surface area contributed by atoms with Gasteiger partial charge in [0.1, 0.15) is 17.4 Å². The lowest BCUT2D eigenvalue weighted by molar-refractivity contribution is -0.149. The number of hydrogen-bond acceptors (Lipinski definition) is 6. The Morgan fingerprint density at radius 2 is 1.67 bits per heavy atom. The van der Waals surface area contributed by atoms with Crippen molar-refractivity contribution in [1.29, 1.82) is 0 Å². The molecule has 2 aromatic rings. The number of aliphatic hydroxyl groups is 1. The van der Waals surface area contributed by atoms with E-state index in [1.807, 2.05) is 95.3 Å². The van der Waals surface area contributed by atoms with Crippen molar-refractivity contribution < 1.29 is 29.0 Å². The van der Waals surface area contributed by atoms with Gasteiger partial charge in [0.05, 0.1) is 47.4 Å². The lowest BCUT2D eigenvalue weighted by atomic mass is 9.74. The van der Waals surface area contributed by atoms with Crippen molar-refractivity contribution in [3.63, 3.8) is 0 Å². The van der Waals surface area contributed by atoms with Crippen LogP contribution in [0.2, 0.25) is 5.02 Å². The molecule has 2 aromatic carbocycles. The number of carbonyl (C=O) groups excluding carboxylic acids is 3. The van der Waals surface area contributed by atoms with Gasteiger partial charge in [0.15, 0.2) is 0 Å². The Bertz CT molecular complexity index is 1570. The molecule has 1 N–H and O–H groups in total. The van der Waals surface area contributed by atoms with Crippen LogP contribution >= 0.6 is 11.6 Å². The van der Waals surface area contributed by atoms with Gasteiger partial charge in [-0.2, -0.15) is 0 Å². The molecule has 7 atom stereocenters. The van der Waals surface area contributed by atoms with Gasteiger partial charge in [0.25, 0.3) is 5.91 Å². The normalized spacial score (nSPS) is 30.1. The molecule has 0 aromatic heterocycles. The van der Waals surface area contributed by atoms with Crippen LogP contribution in [-0.2, 0) is 19.1 Å². The molecule has 9 nitrogen and oxygen atoms in total. The fourth-order valence-corrected chi connectivity index (χ4v) is 8.24. The van der Waals surface area contributed by atoms with Crippen LogP contribution in [0.15, 0.2) is 66.8 Å². The zero-order valence-corrected chi connectivity index (χ0v) is 27.7. The zero-order chi connectivity index (χ0) is 33.0. The van der Waals surface area contributed by atoms with Gasteiger partial charge in [0, 0.05) is 18.8 Å². The molecular weight excluding hydrogens is 606 g/mol. The molecule has 0 aliphatic carbocycles. The minimum Gasteiger partial charge on any atom is -0.494 e. The van der Waals surface area contributed by atoms with Gasteiger partial charge in [-0.05, 0) is 62.6 Å². The lowest BCUT2D eigenvalue weighted by Gasteiger charge is -2.41. The van der Waals surface area contributed by atoms with Gasteiger partial charge >= 0.3 is 0 Å². The highest BCUT2D eigenvalue weighted by Crippen LogP contribution is 2.58. The highest BCUT2D eigenvalue weighted by Gasteiger charge is 2.75. The molecule has 0 radical (unpaired) electrons. The Balaban J connectivity index is 1.49. The van der Waals surface area contributed by atoms with E-state index in [4.69, 9.17) is 21.1 Å². The van der Waals surface area contributed by atoms with E-state index < -0.39 is 35.1 Å². The summed E-state index contributed by atoms with van der Waals surface area (Å²) in [6.07, 6.45) is 8.09. The average Bonchev–Trinajstić information content (AvgIpc) is 3.30. The van der Waals surface area contributed by atoms with Gasteiger partial charge in [-0.15, -0.1) is 0 Å². The molecule has 46 heavy (non-hydrogen) atoms. The molecule has 4 aliphatic heterocycles. The molecule has 244 valence electrons. The van der Waals surface area contributed by atoms with Crippen molar-refractivity contribution >= 4 is 40.7 Å². The Kier molecular flexibility index (Phi) is 8.54. The Morgan fingerprint density at radius 1 is 0.978 bits per heavy atom. The number of hydrogen-bond donors (Lipinski definition) is 1. The first kappa shape index (κ1) is 32.3. The Labute approximate surface area is 275 Å². The van der Waals surface area contributed by atoms with E-state index in [1.54, 1.807) is 15.9 Å². The van der Waals surface area contributed by atoms with Crippen LogP contribution < -0.4 is 14.5 Å². The summed E-state index contributed by atoms with van der Waals surface area (Å²) in [7, 11) is 0. The third-order valence-electron chi connectivity index (χ3n) is 10.3. The molecule has 1 spiro atoms. The molecule has 0 saturated carbocycles. The fraction of sp³-hybridized carbons (Fsp3) is 0.472. The first-order chi connectivity index (χ1) is 22.0. The van der Waals surface area contributed by atoms with Crippen LogP contribution in [0.4, 0.5) is 11.4 Å². The summed E-state index contributed by atoms with van der Waals surface area (Å²) in [4.78, 5) is 49.3. The summed E-state index contributed by atoms with van der Waals surface area (Å²) in [6.45, 7) is 10.3. The Hall–Kier alpha value is -3.66. The number of amides is 3. The van der Waals surface area contributed by atoms with Gasteiger partial charge in [-0.3, -0.25) is 14.4 Å². The number of nitrogens with zero attached hydrogens (tertiary/aromatic N) is 3. The number of aliphatic hydroxyl groups excluding tert-OH is 1. The third kappa shape index (κ3) is 4.86. The zero-order valence-electron chi connectivity index (χ0n) is 27.0. The summed E-state index contributed by atoms with van der Waals surface area (Å²) in [5.41, 5.74) is -0.589. The molecule has 4 heterocycles. The number of carbonyl (C=O) groups is 3. The molecule has 2 fully saturated rings. The molecule has 1 unspecified atom stereocenters. The van der Waals surface area contributed by atoms with Gasteiger partial charge in [-0.25, -0.2) is 0 Å². The van der Waals surface area contributed by atoms with E-state index in [9.17, 15) is 19.5 Å². The van der Waals surface area contributed by atoms with Crippen molar-refractivity contribution in [3.05, 3.63) is 77.4 Å². The standard InChI is InChI=1S/C36H42ClN3O6/c1-6-22(3)27(21-41)40-31-34(44)39(30-23(4)11-8-12-26(30)37)20-10-18-36(31)29(33(40)43)28-32(42)38(19-9-17-35(28,5)46-36)24-13-15-25(16-14-24)45-7-2/h8-18,22,27-29,31,41H,6-7,19-21H2,1-5H3/t22-,27-,28+,29-,31?,35-,36-/m0/s1. The van der Waals surface area contributed by atoms with E-state index in [0.29, 0.717) is 41.7 Å². The van der Waals surface area contributed by atoms with Crippen molar-refractivity contribution in [2.75, 3.05) is 36.1 Å². The molecule has 3 amide bonds. The average molecular weight is 648 g/mol. The van der Waals surface area contributed by atoms with Crippen LogP contribution in [-0.4, -0.2) is 77.3 Å². The number of rotatable bonds is 8. The summed E-state index contributed by atoms with van der Waals surface area (Å²) in [5, 5.41) is 11.1. The largest absolute Gasteiger partial charge is 0.494 e. The number of anilines is 2. The lowest BCUT2D eigenvalue weighted by Crippen LogP contribution is -2.60. The molecular formula is C36H42ClN3O6. The van der Waals surface area contributed by atoms with Crippen molar-refractivity contribution in [2.24, 2.45) is 17.8 Å². The maximum atomic E-state index is 14.9. The van der Waals surface area contributed by atoms with Gasteiger partial charge in [0.2, 0.25) is 11.8 Å². The first-order valence-electron chi connectivity index (χ1n) is 16.1. The molecule has 6 rings (SSSR count). The molecule has 10 heteroatoms. The van der Waals surface area contributed by atoms with E-state index in [1.165, 1.54) is 4.90 Å². The van der Waals surface area contributed by atoms with Crippen LogP contribution in [0, 0.1) is 24.7 Å². The second kappa shape index (κ2) is 12.2. The molecule has 4 aliphatic rings. The van der Waals surface area contributed by atoms with Crippen LogP contribution in [0.25, 0.3) is 0 Å². The highest BCUT2D eigenvalue weighted by atomic mass is 35.5. The number of ether oxygens (including phenoxy) is 2. The smallest absolute Gasteiger partial charge is 0.253 e. The predicted molar refractivity (Wildman–Crippen MR) is 177 cm³/mol. The van der Waals surface area contributed by atoms with Crippen molar-refractivity contribution in [3.8, 4) is 5.75 Å². The predicted octanol–water partition coefficient (Wildman–Crippen LogP) is 4.93. The van der Waals surface area contributed by atoms with E-state index in [-0.39, 0.29) is 36.8 Å². The van der Waals surface area contributed by atoms with E-state index in [0.717, 1.165) is 5.56 Å². The van der Waals surface area contributed by atoms with Crippen LogP contribution in [0.3, 0.4) is 0 Å². The highest BCUT2D eigenvalue weighted by molar-refractivity contribution is 6.34. The number of likely N-dealkylation sites (tertiary alicyclic amines) is 1. The maximum absolute atomic E-state index is 14.9. The van der Waals surface area contributed by atoms with Crippen LogP contribution in [0.5, 0.6) is 5.75 Å². The molecule has 2 saturated heterocycles. The minimum absolute atomic E-state index is 0.128. The topological polar surface area (TPSA) is 99.6 Å². The maximum Gasteiger partial charge on any atom is 0.253 e. The van der Waals surface area contributed by atoms with E-state index >= 15 is 0 Å². The quantitative estimate of drug-likeness (QED) is 0.408. The fourth-order valence-electron chi connectivity index (χ4n) is 7.92. The second-order valence-corrected chi connectivity index (χ2v) is 13.3. The van der Waals surface area contributed by atoms with Gasteiger partial charge < -0.3 is 29.3 Å². The Morgan fingerprint density at radius 3 is 2.33 bits per heavy atom. The summed E-state index contributed by atoms with van der Waals surface area (Å²) >= 11 is 6.69. The summed E-state index contributed by atoms with van der Waals surface area (Å²) in [6, 6.07) is 11.0. The van der Waals surface area contributed by atoms with Gasteiger partial charge in [-0.1, -0.05) is 68.3 Å². The monoisotopic (exact) mass is 647 g/mol. The summed E-state index contributed by atoms with van der Waals surface area (Å²) in [5.74, 6) is -2.37. The minimum atomic E-state index is -1.46. The number of aryl methyl sites for hydroxylation is 1. The number of para-hydroxylation sites is 1. The van der Waals surface area contributed by atoms with E-state index in [2.05, 4.69) is 0 Å². The van der Waals surface area contributed by atoms with Crippen molar-refractivity contribution in [1.82, 2.24) is 4.90 Å². The summed E-state index contributed by atoms with van der Waals surface area (Å²) < 4.78 is 12.6. The third-order valence-corrected chi connectivity index (χ3v) is 10.6.